The molecule has 0 spiro atoms. The number of benzene rings is 2. The minimum atomic E-state index is 0.00721. The smallest absolute Gasteiger partial charge is 0.308 e. The Morgan fingerprint density at radius 2 is 1.72 bits per heavy atom. The highest BCUT2D eigenvalue weighted by Crippen LogP contribution is 2.39. The molecule has 1 aliphatic carbocycles. The Hall–Kier alpha value is -3.23. The largest absolute Gasteiger partial charge is 0.425 e. The molecule has 11 heteroatoms. The Morgan fingerprint density at radius 3 is 2.38 bits per heavy atom. The maximum Gasteiger partial charge on any atom is 0.308 e. The number of piperidine rings is 2. The van der Waals surface area contributed by atoms with Crippen LogP contribution in [0.25, 0.3) is 0 Å². The number of fused-ring (bicyclic) bond motifs is 2. The minimum Gasteiger partial charge on any atom is -0.425 e. The molecule has 2 aromatic carbocycles. The molecule has 2 fully saturated rings. The summed E-state index contributed by atoms with van der Waals surface area (Å²) in [6, 6.07) is 18.2. The van der Waals surface area contributed by atoms with Crippen molar-refractivity contribution in [2.24, 2.45) is 16.8 Å². The monoisotopic (exact) mass is 824 g/mol. The van der Waals surface area contributed by atoms with E-state index in [0.29, 0.717) is 24.2 Å². The number of ether oxygens (including phenoxy) is 1. The van der Waals surface area contributed by atoms with Crippen molar-refractivity contribution in [3.63, 3.8) is 0 Å². The molecule has 1 N–H and O–H groups in total. The normalized spacial score (nSPS) is 18.1. The molecule has 1 amide bonds. The topological polar surface area (TPSA) is 93.8 Å². The fourth-order valence-corrected chi connectivity index (χ4v) is 7.29. The van der Waals surface area contributed by atoms with Gasteiger partial charge >= 0.3 is 6.02 Å². The number of hydrogen-bond donors (Lipinski definition) is 1. The summed E-state index contributed by atoms with van der Waals surface area (Å²) in [6.45, 7) is 13.2. The van der Waals surface area contributed by atoms with Crippen LogP contribution in [0.4, 0.5) is 0 Å². The van der Waals surface area contributed by atoms with Crippen LogP contribution in [0.5, 0.6) is 5.75 Å². The lowest BCUT2D eigenvalue weighted by Crippen LogP contribution is -2.45. The maximum atomic E-state index is 13.3. The summed E-state index contributed by atoms with van der Waals surface area (Å²) in [4.78, 5) is 26.6. The van der Waals surface area contributed by atoms with Gasteiger partial charge < -0.3 is 15.0 Å². The highest BCUT2D eigenvalue weighted by Gasteiger charge is 2.35. The van der Waals surface area contributed by atoms with Crippen LogP contribution in [-0.4, -0.2) is 59.4 Å². The number of likely N-dealkylation sites (tertiary alicyclic amines) is 2. The van der Waals surface area contributed by atoms with E-state index >= 15 is 0 Å². The van der Waals surface area contributed by atoms with E-state index in [2.05, 4.69) is 71.8 Å². The van der Waals surface area contributed by atoms with E-state index < -0.39 is 0 Å². The SMILES string of the molecule is C=C(C)Br.CC.N#CN=C(Oc1ccccc1)N1CCC(CNC(=O)C2CCN(C3c4ccc(Cl)cc4CCc4cc(Br)cnc43)CC2)CC1. The molecule has 2 aliphatic heterocycles. The number of pyridine rings is 1. The third-order valence-electron chi connectivity index (χ3n) is 9.10. The van der Waals surface area contributed by atoms with Crippen LogP contribution in [0.15, 0.2) is 81.3 Å². The average molecular weight is 827 g/mol. The number of nitriles is 1. The van der Waals surface area contributed by atoms with Crippen molar-refractivity contribution in [2.75, 3.05) is 32.7 Å². The predicted octanol–water partition coefficient (Wildman–Crippen LogP) is 9.08. The van der Waals surface area contributed by atoms with Crippen LogP contribution in [0, 0.1) is 23.3 Å². The summed E-state index contributed by atoms with van der Waals surface area (Å²) in [7, 11) is 0. The fraction of sp³-hybridized carbons (Fsp3) is 0.436. The van der Waals surface area contributed by atoms with Crippen LogP contribution in [-0.2, 0) is 17.6 Å². The number of nitrogens with one attached hydrogen (secondary N) is 1. The predicted molar refractivity (Wildman–Crippen MR) is 209 cm³/mol. The number of aromatic nitrogens is 1. The lowest BCUT2D eigenvalue weighted by Gasteiger charge is -2.38. The second-order valence-electron chi connectivity index (χ2n) is 12.5. The van der Waals surface area contributed by atoms with Gasteiger partial charge in [0.05, 0.1) is 11.7 Å². The molecule has 3 heterocycles. The Labute approximate surface area is 319 Å². The van der Waals surface area contributed by atoms with Crippen molar-refractivity contribution < 1.29 is 9.53 Å². The number of rotatable bonds is 5. The van der Waals surface area contributed by atoms with Crippen molar-refractivity contribution in [3.8, 4) is 11.9 Å². The number of hydrogen-bond acceptors (Lipinski definition) is 6. The third-order valence-corrected chi connectivity index (χ3v) is 9.77. The van der Waals surface area contributed by atoms with Gasteiger partial charge in [-0.05, 0) is 132 Å². The van der Waals surface area contributed by atoms with E-state index in [4.69, 9.17) is 21.3 Å². The molecule has 6 rings (SSSR count). The number of para-hydroxylation sites is 1. The molecule has 1 atom stereocenters. The molecular formula is C39H47Br2ClN6O2. The second kappa shape index (κ2) is 20.0. The molecule has 0 saturated carbocycles. The lowest BCUT2D eigenvalue weighted by molar-refractivity contribution is -0.126. The van der Waals surface area contributed by atoms with E-state index in [0.717, 1.165) is 84.4 Å². The number of allylic oxidation sites excluding steroid dienone is 1. The van der Waals surface area contributed by atoms with Crippen molar-refractivity contribution in [1.29, 1.82) is 5.26 Å². The number of amides is 1. The van der Waals surface area contributed by atoms with Crippen LogP contribution < -0.4 is 10.1 Å². The van der Waals surface area contributed by atoms with Gasteiger partial charge in [0.2, 0.25) is 12.1 Å². The lowest BCUT2D eigenvalue weighted by atomic mass is 9.90. The molecule has 266 valence electrons. The van der Waals surface area contributed by atoms with Gasteiger partial charge in [0.1, 0.15) is 5.75 Å². The molecule has 2 saturated heterocycles. The molecule has 8 nitrogen and oxygen atoms in total. The van der Waals surface area contributed by atoms with Gasteiger partial charge in [0.25, 0.3) is 0 Å². The molecule has 1 unspecified atom stereocenters. The number of amidine groups is 1. The molecule has 1 aromatic heterocycles. The van der Waals surface area contributed by atoms with Crippen molar-refractivity contribution in [2.45, 2.75) is 65.3 Å². The standard InChI is InChI=1S/C34H36BrClN6O2.C3H5Br.C2H6/c35-27-18-26-7-6-25-19-28(36)8-9-30(25)32(31(26)38-21-27)41-16-12-24(13-17-41)33(43)39-20-23-10-14-42(15-11-23)34(40-22-37)44-29-4-2-1-3-5-29;1-3(2)4;1-2/h1-5,8-9,18-19,21,23-24,32H,6-7,10-17,20H2,(H,39,43);1H2,2H3;1-2H3. The first kappa shape index (κ1) is 39.6. The maximum absolute atomic E-state index is 13.3. The molecule has 50 heavy (non-hydrogen) atoms. The highest BCUT2D eigenvalue weighted by atomic mass is 79.9. The molecule has 0 radical (unpaired) electrons. The summed E-state index contributed by atoms with van der Waals surface area (Å²) in [6.07, 6.45) is 9.05. The number of carbonyl (C=O) groups excluding carboxylic acids is 1. The molecule has 3 aliphatic rings. The summed E-state index contributed by atoms with van der Waals surface area (Å²) in [5.74, 6) is 1.20. The van der Waals surface area contributed by atoms with Gasteiger partial charge in [0, 0.05) is 41.2 Å². The first-order valence-electron chi connectivity index (χ1n) is 17.4. The van der Waals surface area contributed by atoms with E-state index in [1.807, 2.05) is 74.5 Å². The van der Waals surface area contributed by atoms with Crippen molar-refractivity contribution in [1.82, 2.24) is 20.1 Å². The average Bonchev–Trinajstić information content (AvgIpc) is 3.28. The van der Waals surface area contributed by atoms with Gasteiger partial charge in [-0.3, -0.25) is 14.7 Å². The Bertz CT molecular complexity index is 1590. The Kier molecular flexibility index (Phi) is 15.8. The van der Waals surface area contributed by atoms with Gasteiger partial charge in [-0.1, -0.05) is 72.2 Å². The van der Waals surface area contributed by atoms with Crippen LogP contribution in [0.2, 0.25) is 5.02 Å². The van der Waals surface area contributed by atoms with Crippen molar-refractivity contribution in [3.05, 3.63) is 104 Å². The van der Waals surface area contributed by atoms with E-state index in [1.54, 1.807) is 0 Å². The highest BCUT2D eigenvalue weighted by molar-refractivity contribution is 9.11. The number of carbonyl (C=O) groups is 1. The zero-order chi connectivity index (χ0) is 36.0. The van der Waals surface area contributed by atoms with Crippen LogP contribution in [0.1, 0.15) is 74.9 Å². The van der Waals surface area contributed by atoms with Gasteiger partial charge in [0.15, 0.2) is 0 Å². The summed E-state index contributed by atoms with van der Waals surface area (Å²) >= 11 is 13.1. The zero-order valence-electron chi connectivity index (χ0n) is 29.2. The fourth-order valence-electron chi connectivity index (χ4n) is 6.71. The molecule has 0 bridgehead atoms. The summed E-state index contributed by atoms with van der Waals surface area (Å²) in [5, 5.41) is 13.2. The number of halogens is 3. The molecular weight excluding hydrogens is 780 g/mol. The number of aliphatic imine (C=N–C) groups is 1. The third kappa shape index (κ3) is 11.1. The number of nitrogens with zero attached hydrogens (tertiary/aromatic N) is 5. The van der Waals surface area contributed by atoms with Gasteiger partial charge in [-0.25, -0.2) is 0 Å². The summed E-state index contributed by atoms with van der Waals surface area (Å²) < 4.78 is 7.86. The van der Waals surface area contributed by atoms with Gasteiger partial charge in [-0.2, -0.15) is 5.26 Å². The van der Waals surface area contributed by atoms with Crippen LogP contribution >= 0.6 is 43.5 Å². The Balaban J connectivity index is 0.000000875. The zero-order valence-corrected chi connectivity index (χ0v) is 33.1. The number of aryl methyl sites for hydroxylation is 2. The Morgan fingerprint density at radius 1 is 1.06 bits per heavy atom. The van der Waals surface area contributed by atoms with E-state index in [1.165, 1.54) is 16.7 Å². The van der Waals surface area contributed by atoms with Crippen molar-refractivity contribution >= 4 is 55.4 Å². The minimum absolute atomic E-state index is 0.00721. The van der Waals surface area contributed by atoms with Gasteiger partial charge in [-0.15, -0.1) is 4.99 Å². The quantitative estimate of drug-likeness (QED) is 0.157. The van der Waals surface area contributed by atoms with E-state index in [-0.39, 0.29) is 17.9 Å². The first-order chi connectivity index (χ1) is 24.2. The molecule has 3 aromatic rings. The van der Waals surface area contributed by atoms with Crippen LogP contribution in [0.3, 0.4) is 0 Å². The van der Waals surface area contributed by atoms with E-state index in [9.17, 15) is 10.1 Å². The first-order valence-corrected chi connectivity index (χ1v) is 19.4. The summed E-state index contributed by atoms with van der Waals surface area (Å²) in [5.41, 5.74) is 4.93. The second-order valence-corrected chi connectivity index (χ2v) is 15.2.